The number of nitrogens with one attached hydrogen (secondary N) is 3. The summed E-state index contributed by atoms with van der Waals surface area (Å²) >= 11 is 0. The Morgan fingerprint density at radius 3 is 2.03 bits per heavy atom. The molecule has 8 nitrogen and oxygen atoms in total. The number of nitrogens with zero attached hydrogens (tertiary/aromatic N) is 2. The first-order valence-electron chi connectivity index (χ1n) is 11.6. The standard InChI is InChI=1S/C26H29F2N7O/c1-15-12-18(16-4-8-34(9-5-16)25(29)30)13-22(28)23(15)24(36)33-19-2-3-20(21(27)14-19)17-6-10-35(11-7-17)26(31)32/h2-4,6,12-14H,5,7-11H2,1H3,(H3,29,30)(H3,31,32)(H,33,36). The molecule has 188 valence electrons. The van der Waals surface area contributed by atoms with E-state index in [2.05, 4.69) is 5.32 Å². The number of halogens is 2. The van der Waals surface area contributed by atoms with Crippen LogP contribution in [0.15, 0.2) is 42.5 Å². The van der Waals surface area contributed by atoms with Crippen molar-refractivity contribution in [1.29, 1.82) is 10.8 Å². The SMILES string of the molecule is Cc1cc(C2=CCN(C(=N)N)CC2)cc(F)c1C(=O)Nc1ccc(C2=CCN(C(=N)N)CC2)c(F)c1. The molecule has 10 heteroatoms. The van der Waals surface area contributed by atoms with Crippen LogP contribution >= 0.6 is 0 Å². The zero-order valence-corrected chi connectivity index (χ0v) is 20.0. The molecule has 36 heavy (non-hydrogen) atoms. The second-order valence-electron chi connectivity index (χ2n) is 8.92. The first kappa shape index (κ1) is 24.9. The maximum atomic E-state index is 15.0. The molecule has 0 aromatic heterocycles. The Hall–Kier alpha value is -4.21. The Kier molecular flexibility index (Phi) is 7.05. The fraction of sp³-hybridized carbons (Fsp3) is 0.269. The molecule has 0 radical (unpaired) electrons. The average molecular weight is 494 g/mol. The number of carbonyl (C=O) groups excluding carboxylic acids is 1. The quantitative estimate of drug-likeness (QED) is 0.328. The molecule has 1 amide bonds. The Balaban J connectivity index is 1.48. The summed E-state index contributed by atoms with van der Waals surface area (Å²) in [4.78, 5) is 16.3. The van der Waals surface area contributed by atoms with Crippen LogP contribution in [-0.2, 0) is 0 Å². The summed E-state index contributed by atoms with van der Waals surface area (Å²) in [5, 5.41) is 17.6. The largest absolute Gasteiger partial charge is 0.370 e. The molecule has 2 aliphatic rings. The van der Waals surface area contributed by atoms with Crippen molar-refractivity contribution >= 4 is 34.7 Å². The lowest BCUT2D eigenvalue weighted by Gasteiger charge is -2.27. The maximum absolute atomic E-state index is 15.0. The predicted molar refractivity (Wildman–Crippen MR) is 138 cm³/mol. The molecule has 2 aromatic rings. The normalized spacial score (nSPS) is 15.8. The van der Waals surface area contributed by atoms with E-state index >= 15 is 4.39 Å². The summed E-state index contributed by atoms with van der Waals surface area (Å²) in [7, 11) is 0. The average Bonchev–Trinajstić information content (AvgIpc) is 2.84. The van der Waals surface area contributed by atoms with Gasteiger partial charge in [0, 0.05) is 37.4 Å². The molecule has 7 N–H and O–H groups in total. The number of hydrogen-bond donors (Lipinski definition) is 5. The van der Waals surface area contributed by atoms with Gasteiger partial charge in [-0.1, -0.05) is 18.2 Å². The topological polar surface area (TPSA) is 135 Å². The van der Waals surface area contributed by atoms with Crippen LogP contribution in [-0.4, -0.2) is 53.8 Å². The van der Waals surface area contributed by atoms with E-state index in [-0.39, 0.29) is 23.2 Å². The molecule has 0 spiro atoms. The number of rotatable bonds is 4. The lowest BCUT2D eigenvalue weighted by atomic mass is 9.95. The lowest BCUT2D eigenvalue weighted by Crippen LogP contribution is -2.39. The van der Waals surface area contributed by atoms with Crippen LogP contribution in [0.25, 0.3) is 11.1 Å². The van der Waals surface area contributed by atoms with Crippen LogP contribution in [0.1, 0.15) is 39.9 Å². The fourth-order valence-electron chi connectivity index (χ4n) is 4.55. The Morgan fingerprint density at radius 1 is 0.917 bits per heavy atom. The third-order valence-corrected chi connectivity index (χ3v) is 6.56. The second kappa shape index (κ2) is 10.2. The molecule has 2 aliphatic heterocycles. The van der Waals surface area contributed by atoms with Crippen molar-refractivity contribution in [3.63, 3.8) is 0 Å². The van der Waals surface area contributed by atoms with Gasteiger partial charge in [-0.3, -0.25) is 15.6 Å². The van der Waals surface area contributed by atoms with Crippen LogP contribution < -0.4 is 16.8 Å². The fourth-order valence-corrected chi connectivity index (χ4v) is 4.55. The number of benzene rings is 2. The molecule has 2 heterocycles. The van der Waals surface area contributed by atoms with Crippen LogP contribution in [0.2, 0.25) is 0 Å². The Morgan fingerprint density at radius 2 is 1.53 bits per heavy atom. The number of guanidine groups is 2. The van der Waals surface area contributed by atoms with Crippen LogP contribution in [0.4, 0.5) is 14.5 Å². The summed E-state index contributed by atoms with van der Waals surface area (Å²) in [5.41, 5.74) is 14.5. The molecule has 0 atom stereocenters. The molecule has 0 saturated carbocycles. The van der Waals surface area contributed by atoms with Gasteiger partial charge in [-0.05, 0) is 66.3 Å². The highest BCUT2D eigenvalue weighted by Crippen LogP contribution is 2.29. The van der Waals surface area contributed by atoms with Gasteiger partial charge in [0.15, 0.2) is 11.9 Å². The zero-order chi connectivity index (χ0) is 26.0. The molecule has 0 fully saturated rings. The summed E-state index contributed by atoms with van der Waals surface area (Å²) in [5.74, 6) is -1.82. The monoisotopic (exact) mass is 493 g/mol. The number of aryl methyl sites for hydroxylation is 1. The van der Waals surface area contributed by atoms with Crippen LogP contribution in [0.3, 0.4) is 0 Å². The van der Waals surface area contributed by atoms with Gasteiger partial charge >= 0.3 is 0 Å². The summed E-state index contributed by atoms with van der Waals surface area (Å²) in [6.45, 7) is 3.66. The molecule has 2 aromatic carbocycles. The molecular formula is C26H29F2N7O. The summed E-state index contributed by atoms with van der Waals surface area (Å²) in [6, 6.07) is 7.49. The van der Waals surface area contributed by atoms with Gasteiger partial charge < -0.3 is 26.6 Å². The Bertz CT molecular complexity index is 1280. The van der Waals surface area contributed by atoms with E-state index in [0.29, 0.717) is 55.7 Å². The summed E-state index contributed by atoms with van der Waals surface area (Å²) < 4.78 is 29.9. The van der Waals surface area contributed by atoms with Gasteiger partial charge in [0.1, 0.15) is 11.6 Å². The van der Waals surface area contributed by atoms with E-state index in [1.807, 2.05) is 12.2 Å². The van der Waals surface area contributed by atoms with E-state index in [9.17, 15) is 9.18 Å². The second-order valence-corrected chi connectivity index (χ2v) is 8.92. The first-order chi connectivity index (χ1) is 17.1. The maximum Gasteiger partial charge on any atom is 0.258 e. The molecular weight excluding hydrogens is 464 g/mol. The van der Waals surface area contributed by atoms with Gasteiger partial charge in [-0.2, -0.15) is 0 Å². The smallest absolute Gasteiger partial charge is 0.258 e. The van der Waals surface area contributed by atoms with Crippen molar-refractivity contribution in [2.75, 3.05) is 31.5 Å². The highest BCUT2D eigenvalue weighted by Gasteiger charge is 2.21. The number of anilines is 1. The van der Waals surface area contributed by atoms with E-state index in [4.69, 9.17) is 22.3 Å². The van der Waals surface area contributed by atoms with Crippen LogP contribution in [0.5, 0.6) is 0 Å². The predicted octanol–water partition coefficient (Wildman–Crippen LogP) is 3.49. The lowest BCUT2D eigenvalue weighted by molar-refractivity contribution is 0.102. The molecule has 0 bridgehead atoms. The van der Waals surface area contributed by atoms with Crippen molar-refractivity contribution in [3.05, 3.63) is 76.4 Å². The third kappa shape index (κ3) is 5.22. The minimum atomic E-state index is -0.656. The third-order valence-electron chi connectivity index (χ3n) is 6.56. The van der Waals surface area contributed by atoms with E-state index in [0.717, 1.165) is 11.1 Å². The number of carbonyl (C=O) groups is 1. The zero-order valence-electron chi connectivity index (χ0n) is 20.0. The van der Waals surface area contributed by atoms with Gasteiger partial charge in [-0.25, -0.2) is 8.78 Å². The molecule has 0 saturated heterocycles. The van der Waals surface area contributed by atoms with E-state index in [1.54, 1.807) is 34.9 Å². The highest BCUT2D eigenvalue weighted by molar-refractivity contribution is 6.05. The van der Waals surface area contributed by atoms with Crippen LogP contribution in [0, 0.1) is 29.4 Å². The first-order valence-corrected chi connectivity index (χ1v) is 11.6. The number of nitrogens with two attached hydrogens (primary N) is 2. The minimum Gasteiger partial charge on any atom is -0.370 e. The van der Waals surface area contributed by atoms with Crippen molar-refractivity contribution < 1.29 is 13.6 Å². The number of amides is 1. The van der Waals surface area contributed by atoms with Gasteiger partial charge in [0.05, 0.1) is 5.56 Å². The van der Waals surface area contributed by atoms with Gasteiger partial charge in [-0.15, -0.1) is 0 Å². The minimum absolute atomic E-state index is 0.000702. The van der Waals surface area contributed by atoms with Gasteiger partial charge in [0.25, 0.3) is 5.91 Å². The Labute approximate surface area is 208 Å². The molecule has 0 unspecified atom stereocenters. The van der Waals surface area contributed by atoms with Crippen molar-refractivity contribution in [2.24, 2.45) is 11.5 Å². The molecule has 0 aliphatic carbocycles. The van der Waals surface area contributed by atoms with E-state index < -0.39 is 17.5 Å². The summed E-state index contributed by atoms with van der Waals surface area (Å²) in [6.07, 6.45) is 4.89. The van der Waals surface area contributed by atoms with Crippen molar-refractivity contribution in [1.82, 2.24) is 9.80 Å². The van der Waals surface area contributed by atoms with Crippen molar-refractivity contribution in [2.45, 2.75) is 19.8 Å². The van der Waals surface area contributed by atoms with Crippen molar-refractivity contribution in [3.8, 4) is 0 Å². The van der Waals surface area contributed by atoms with E-state index in [1.165, 1.54) is 12.1 Å². The molecule has 4 rings (SSSR count). The number of hydrogen-bond acceptors (Lipinski definition) is 3. The highest BCUT2D eigenvalue weighted by atomic mass is 19.1. The van der Waals surface area contributed by atoms with Gasteiger partial charge in [0.2, 0.25) is 0 Å².